The van der Waals surface area contributed by atoms with Gasteiger partial charge in [-0.25, -0.2) is 9.78 Å². The summed E-state index contributed by atoms with van der Waals surface area (Å²) in [5, 5.41) is 14.4. The average Bonchev–Trinajstić information content (AvgIpc) is 3.53. The van der Waals surface area contributed by atoms with Gasteiger partial charge < -0.3 is 14.8 Å². The molecular weight excluding hydrogens is 467 g/mol. The van der Waals surface area contributed by atoms with Crippen molar-refractivity contribution in [3.05, 3.63) is 76.9 Å². The standard InChI is InChI=1S/C26H23FN4O5/c1-35-23-11-8-16(13-24(23)36-18-5-2-3-6-18)20-15-30(25-19(20)7-4-12-28-25)26(32)29-17-9-10-21(27)22(14-17)31(33)34/h4,7-15,18H,2-3,5-6H2,1H3,(H,29,32). The fourth-order valence-electron chi connectivity index (χ4n) is 4.48. The molecule has 1 aliphatic rings. The highest BCUT2D eigenvalue weighted by Gasteiger charge is 2.22. The van der Waals surface area contributed by atoms with Crippen LogP contribution in [0.2, 0.25) is 0 Å². The minimum atomic E-state index is -0.983. The Morgan fingerprint density at radius 3 is 2.72 bits per heavy atom. The first-order valence-electron chi connectivity index (χ1n) is 11.5. The van der Waals surface area contributed by atoms with E-state index in [0.29, 0.717) is 17.1 Å². The van der Waals surface area contributed by atoms with E-state index in [-0.39, 0.29) is 11.8 Å². The van der Waals surface area contributed by atoms with Gasteiger partial charge in [0.25, 0.3) is 0 Å². The Hall–Kier alpha value is -4.47. The number of carbonyl (C=O) groups excluding carboxylic acids is 1. The third kappa shape index (κ3) is 4.45. The molecule has 1 N–H and O–H groups in total. The van der Waals surface area contributed by atoms with E-state index in [1.165, 1.54) is 10.6 Å². The molecule has 0 atom stereocenters. The summed E-state index contributed by atoms with van der Waals surface area (Å²) in [6.45, 7) is 0. The van der Waals surface area contributed by atoms with E-state index in [0.717, 1.165) is 54.3 Å². The van der Waals surface area contributed by atoms with Gasteiger partial charge in [0, 0.05) is 35.1 Å². The van der Waals surface area contributed by atoms with Gasteiger partial charge in [-0.15, -0.1) is 0 Å². The number of nitro benzene ring substituents is 1. The molecule has 0 radical (unpaired) electrons. The quantitative estimate of drug-likeness (QED) is 0.256. The van der Waals surface area contributed by atoms with E-state index in [2.05, 4.69) is 10.3 Å². The Balaban J connectivity index is 1.51. The van der Waals surface area contributed by atoms with Gasteiger partial charge in [-0.2, -0.15) is 4.39 Å². The fraction of sp³-hybridized carbons (Fsp3) is 0.231. The van der Waals surface area contributed by atoms with Gasteiger partial charge in [0.15, 0.2) is 11.5 Å². The Labute approximate surface area is 205 Å². The lowest BCUT2D eigenvalue weighted by atomic mass is 10.1. The monoisotopic (exact) mass is 490 g/mol. The van der Waals surface area contributed by atoms with Crippen molar-refractivity contribution in [3.8, 4) is 22.6 Å². The van der Waals surface area contributed by atoms with Gasteiger partial charge in [0.1, 0.15) is 5.65 Å². The van der Waals surface area contributed by atoms with Crippen LogP contribution in [0.25, 0.3) is 22.2 Å². The minimum absolute atomic E-state index is 0.0872. The Morgan fingerprint density at radius 1 is 1.17 bits per heavy atom. The second-order valence-electron chi connectivity index (χ2n) is 8.53. The van der Waals surface area contributed by atoms with Gasteiger partial charge >= 0.3 is 11.7 Å². The maximum Gasteiger partial charge on any atom is 0.331 e. The molecule has 36 heavy (non-hydrogen) atoms. The number of amides is 1. The van der Waals surface area contributed by atoms with Crippen LogP contribution in [0.15, 0.2) is 60.9 Å². The van der Waals surface area contributed by atoms with Crippen molar-refractivity contribution in [3.63, 3.8) is 0 Å². The molecule has 10 heteroatoms. The fourth-order valence-corrected chi connectivity index (χ4v) is 4.48. The average molecular weight is 490 g/mol. The number of hydrogen-bond acceptors (Lipinski definition) is 6. The van der Waals surface area contributed by atoms with Crippen LogP contribution in [0.1, 0.15) is 25.7 Å². The number of anilines is 1. The van der Waals surface area contributed by atoms with Gasteiger partial charge in [0.05, 0.1) is 18.1 Å². The number of benzene rings is 2. The molecule has 0 aliphatic heterocycles. The molecule has 2 aromatic carbocycles. The van der Waals surface area contributed by atoms with Gasteiger partial charge in [0.2, 0.25) is 5.82 Å². The molecular formula is C26H23FN4O5. The van der Waals surface area contributed by atoms with Gasteiger partial charge in [-0.3, -0.25) is 14.7 Å². The smallest absolute Gasteiger partial charge is 0.331 e. The molecule has 1 aliphatic carbocycles. The topological polar surface area (TPSA) is 109 Å². The molecule has 184 valence electrons. The number of nitrogens with zero attached hydrogens (tertiary/aromatic N) is 3. The zero-order valence-corrected chi connectivity index (χ0v) is 19.4. The molecule has 1 saturated carbocycles. The minimum Gasteiger partial charge on any atom is -0.493 e. The largest absolute Gasteiger partial charge is 0.493 e. The molecule has 5 rings (SSSR count). The molecule has 2 heterocycles. The summed E-state index contributed by atoms with van der Waals surface area (Å²) < 4.78 is 26.8. The zero-order chi connectivity index (χ0) is 25.2. The Morgan fingerprint density at radius 2 is 1.97 bits per heavy atom. The van der Waals surface area contributed by atoms with Crippen LogP contribution in [0.4, 0.5) is 20.6 Å². The molecule has 0 saturated heterocycles. The normalized spacial score (nSPS) is 13.6. The van der Waals surface area contributed by atoms with Crippen LogP contribution in [0.3, 0.4) is 0 Å². The van der Waals surface area contributed by atoms with Crippen LogP contribution >= 0.6 is 0 Å². The molecule has 9 nitrogen and oxygen atoms in total. The molecule has 1 fully saturated rings. The second-order valence-corrected chi connectivity index (χ2v) is 8.53. The maximum atomic E-state index is 13.7. The number of rotatable bonds is 6. The van der Waals surface area contributed by atoms with Gasteiger partial charge in [-0.1, -0.05) is 6.07 Å². The van der Waals surface area contributed by atoms with Crippen LogP contribution < -0.4 is 14.8 Å². The number of nitro groups is 1. The second kappa shape index (κ2) is 9.65. The van der Waals surface area contributed by atoms with Gasteiger partial charge in [-0.05, 0) is 67.6 Å². The van der Waals surface area contributed by atoms with Crippen LogP contribution in [0.5, 0.6) is 11.5 Å². The number of nitrogens with one attached hydrogen (secondary N) is 1. The first-order chi connectivity index (χ1) is 17.4. The summed E-state index contributed by atoms with van der Waals surface area (Å²) >= 11 is 0. The van der Waals surface area contributed by atoms with Crippen LogP contribution in [0, 0.1) is 15.9 Å². The number of halogens is 1. The highest BCUT2D eigenvalue weighted by Crippen LogP contribution is 2.38. The Bertz CT molecular complexity index is 1460. The van der Waals surface area contributed by atoms with E-state index >= 15 is 0 Å². The third-order valence-corrected chi connectivity index (χ3v) is 6.25. The number of carbonyl (C=O) groups is 1. The molecule has 2 aromatic heterocycles. The lowest BCUT2D eigenvalue weighted by Gasteiger charge is -2.16. The van der Waals surface area contributed by atoms with E-state index in [1.54, 1.807) is 25.6 Å². The summed E-state index contributed by atoms with van der Waals surface area (Å²) in [6.07, 6.45) is 7.63. The van der Waals surface area contributed by atoms with Crippen molar-refractivity contribution in [1.29, 1.82) is 0 Å². The highest BCUT2D eigenvalue weighted by molar-refractivity contribution is 6.03. The number of ether oxygens (including phenoxy) is 2. The molecule has 0 unspecified atom stereocenters. The van der Waals surface area contributed by atoms with E-state index in [4.69, 9.17) is 9.47 Å². The number of aromatic nitrogens is 2. The summed E-state index contributed by atoms with van der Waals surface area (Å²) in [7, 11) is 1.59. The maximum absolute atomic E-state index is 13.7. The number of pyridine rings is 1. The summed E-state index contributed by atoms with van der Waals surface area (Å²) in [5.74, 6) is 0.279. The first kappa shape index (κ1) is 23.3. The summed E-state index contributed by atoms with van der Waals surface area (Å²) in [6, 6.07) is 11.8. The van der Waals surface area contributed by atoms with Crippen molar-refractivity contribution >= 4 is 28.4 Å². The number of hydrogen-bond donors (Lipinski definition) is 1. The highest BCUT2D eigenvalue weighted by atomic mass is 19.1. The molecule has 1 amide bonds. The Kier molecular flexibility index (Phi) is 6.24. The van der Waals surface area contributed by atoms with Crippen molar-refractivity contribution in [1.82, 2.24) is 9.55 Å². The van der Waals surface area contributed by atoms with Crippen molar-refractivity contribution in [2.45, 2.75) is 31.8 Å². The van der Waals surface area contributed by atoms with Crippen molar-refractivity contribution in [2.24, 2.45) is 0 Å². The predicted molar refractivity (Wildman–Crippen MR) is 132 cm³/mol. The number of methoxy groups -OCH3 is 1. The lowest BCUT2D eigenvalue weighted by Crippen LogP contribution is -2.19. The van der Waals surface area contributed by atoms with E-state index < -0.39 is 22.5 Å². The van der Waals surface area contributed by atoms with Crippen molar-refractivity contribution < 1.29 is 23.6 Å². The summed E-state index contributed by atoms with van der Waals surface area (Å²) in [5.41, 5.74) is 1.32. The zero-order valence-electron chi connectivity index (χ0n) is 19.4. The molecule has 4 aromatic rings. The van der Waals surface area contributed by atoms with Crippen molar-refractivity contribution in [2.75, 3.05) is 12.4 Å². The third-order valence-electron chi connectivity index (χ3n) is 6.25. The first-order valence-corrected chi connectivity index (χ1v) is 11.5. The van der Waals surface area contributed by atoms with Crippen LogP contribution in [-0.2, 0) is 0 Å². The molecule has 0 spiro atoms. The van der Waals surface area contributed by atoms with E-state index in [9.17, 15) is 19.3 Å². The lowest BCUT2D eigenvalue weighted by molar-refractivity contribution is -0.387. The van der Waals surface area contributed by atoms with E-state index in [1.807, 2.05) is 24.3 Å². The SMILES string of the molecule is COc1ccc(-c2cn(C(=O)Nc3ccc(F)c([N+](=O)[O-])c3)c3ncccc23)cc1OC1CCCC1. The number of fused-ring (bicyclic) bond motifs is 1. The molecule has 0 bridgehead atoms. The predicted octanol–water partition coefficient (Wildman–Crippen LogP) is 6.16. The summed E-state index contributed by atoms with van der Waals surface area (Å²) in [4.78, 5) is 27.7. The van der Waals surface area contributed by atoms with Crippen LogP contribution in [-0.4, -0.2) is 33.7 Å².